The van der Waals surface area contributed by atoms with Crippen molar-refractivity contribution in [3.8, 4) is 0 Å². The fourth-order valence-electron chi connectivity index (χ4n) is 2.33. The van der Waals surface area contributed by atoms with E-state index in [1.807, 2.05) is 29.2 Å². The highest BCUT2D eigenvalue weighted by Crippen LogP contribution is 2.20. The van der Waals surface area contributed by atoms with Crippen molar-refractivity contribution in [2.75, 3.05) is 45.5 Å². The van der Waals surface area contributed by atoms with Crippen molar-refractivity contribution in [1.29, 1.82) is 0 Å². The molecule has 7 heteroatoms. The first-order valence-corrected chi connectivity index (χ1v) is 8.65. The number of nitrogens with zero attached hydrogens (tertiary/aromatic N) is 1. The number of thioether (sulfide) groups is 1. The Morgan fingerprint density at radius 1 is 1.27 bits per heavy atom. The van der Waals surface area contributed by atoms with Gasteiger partial charge in [0.1, 0.15) is 0 Å². The maximum absolute atomic E-state index is 12.2. The van der Waals surface area contributed by atoms with Gasteiger partial charge in [-0.15, -0.1) is 11.8 Å². The molecule has 0 atom stereocenters. The molecule has 1 aliphatic rings. The van der Waals surface area contributed by atoms with Gasteiger partial charge in [0.15, 0.2) is 6.54 Å². The minimum absolute atomic E-state index is 0.0491. The van der Waals surface area contributed by atoms with Crippen LogP contribution in [0.5, 0.6) is 0 Å². The van der Waals surface area contributed by atoms with E-state index in [9.17, 15) is 9.59 Å². The van der Waals surface area contributed by atoms with E-state index < -0.39 is 0 Å². The number of piperazine rings is 1. The summed E-state index contributed by atoms with van der Waals surface area (Å²) in [5, 5.41) is 3.34. The highest BCUT2D eigenvalue weighted by molar-refractivity contribution is 8.00. The van der Waals surface area contributed by atoms with Gasteiger partial charge >= 0.3 is 0 Å². The molecule has 1 aliphatic heterocycles. The molecule has 5 nitrogen and oxygen atoms in total. The van der Waals surface area contributed by atoms with Crippen LogP contribution >= 0.6 is 23.4 Å². The van der Waals surface area contributed by atoms with E-state index in [-0.39, 0.29) is 11.8 Å². The molecular formula is C15H21ClN3O2S+. The quantitative estimate of drug-likeness (QED) is 0.735. The minimum atomic E-state index is 0.0491. The summed E-state index contributed by atoms with van der Waals surface area (Å²) in [7, 11) is 1.65. The molecule has 2 amide bonds. The normalized spacial score (nSPS) is 15.6. The number of likely N-dealkylation sites (N-methyl/N-ethyl adjacent to an activating group) is 1. The molecule has 1 aromatic rings. The molecule has 22 heavy (non-hydrogen) atoms. The Bertz CT molecular complexity index is 516. The van der Waals surface area contributed by atoms with Gasteiger partial charge in [-0.25, -0.2) is 0 Å². The van der Waals surface area contributed by atoms with E-state index in [0.717, 1.165) is 18.0 Å². The van der Waals surface area contributed by atoms with Crippen LogP contribution in [0.3, 0.4) is 0 Å². The predicted octanol–water partition coefficient (Wildman–Crippen LogP) is -0.0948. The van der Waals surface area contributed by atoms with Crippen molar-refractivity contribution < 1.29 is 14.5 Å². The summed E-state index contributed by atoms with van der Waals surface area (Å²) in [5.41, 5.74) is 0. The van der Waals surface area contributed by atoms with Crippen molar-refractivity contribution in [1.82, 2.24) is 10.2 Å². The van der Waals surface area contributed by atoms with Crippen LogP contribution in [0.4, 0.5) is 0 Å². The summed E-state index contributed by atoms with van der Waals surface area (Å²) in [5.74, 6) is 0.638. The summed E-state index contributed by atoms with van der Waals surface area (Å²) in [6.45, 7) is 3.56. The zero-order chi connectivity index (χ0) is 15.9. The van der Waals surface area contributed by atoms with Crippen LogP contribution in [0.25, 0.3) is 0 Å². The van der Waals surface area contributed by atoms with Crippen LogP contribution in [-0.2, 0) is 9.59 Å². The number of hydrogen-bond donors (Lipinski definition) is 2. The van der Waals surface area contributed by atoms with Crippen molar-refractivity contribution in [2.24, 2.45) is 0 Å². The first-order chi connectivity index (χ1) is 10.6. The predicted molar refractivity (Wildman–Crippen MR) is 88.4 cm³/mol. The van der Waals surface area contributed by atoms with Gasteiger partial charge in [-0.2, -0.15) is 0 Å². The highest BCUT2D eigenvalue weighted by atomic mass is 35.5. The number of halogens is 1. The molecule has 2 rings (SSSR count). The Morgan fingerprint density at radius 2 is 1.91 bits per heavy atom. The number of nitrogens with one attached hydrogen (secondary N) is 2. The molecule has 2 N–H and O–H groups in total. The maximum atomic E-state index is 12.2. The van der Waals surface area contributed by atoms with Crippen LogP contribution < -0.4 is 10.2 Å². The lowest BCUT2D eigenvalue weighted by Crippen LogP contribution is -3.15. The van der Waals surface area contributed by atoms with Crippen LogP contribution in [0, 0.1) is 0 Å². The third-order valence-electron chi connectivity index (χ3n) is 3.69. The van der Waals surface area contributed by atoms with E-state index in [1.165, 1.54) is 16.7 Å². The minimum Gasteiger partial charge on any atom is -0.354 e. The standard InChI is InChI=1S/C15H20ClN3O2S/c1-17-14(20)10-18-6-8-19(9-7-18)15(21)11-22-13-4-2-12(16)3-5-13/h2-5H,6-11H2,1H3,(H,17,20)/p+1. The zero-order valence-corrected chi connectivity index (χ0v) is 14.2. The number of hydrogen-bond acceptors (Lipinski definition) is 3. The molecule has 0 saturated carbocycles. The number of rotatable bonds is 5. The van der Waals surface area contributed by atoms with E-state index in [1.54, 1.807) is 7.05 Å². The fourth-order valence-corrected chi connectivity index (χ4v) is 3.26. The van der Waals surface area contributed by atoms with Crippen LogP contribution in [0.15, 0.2) is 29.2 Å². The van der Waals surface area contributed by atoms with E-state index in [0.29, 0.717) is 30.4 Å². The van der Waals surface area contributed by atoms with Gasteiger partial charge in [-0.1, -0.05) is 11.6 Å². The number of quaternary nitrogens is 1. The van der Waals surface area contributed by atoms with Gasteiger partial charge in [-0.3, -0.25) is 9.59 Å². The second-order valence-electron chi connectivity index (χ2n) is 5.22. The van der Waals surface area contributed by atoms with Gasteiger partial charge in [-0.05, 0) is 24.3 Å². The van der Waals surface area contributed by atoms with Gasteiger partial charge in [0.2, 0.25) is 5.91 Å². The highest BCUT2D eigenvalue weighted by Gasteiger charge is 2.24. The third-order valence-corrected chi connectivity index (χ3v) is 4.94. The molecule has 0 bridgehead atoms. The number of amides is 2. The molecule has 0 aromatic heterocycles. The summed E-state index contributed by atoms with van der Waals surface area (Å²) >= 11 is 7.37. The van der Waals surface area contributed by atoms with E-state index in [2.05, 4.69) is 5.32 Å². The molecule has 0 aliphatic carbocycles. The molecule has 0 unspecified atom stereocenters. The smallest absolute Gasteiger partial charge is 0.274 e. The fraction of sp³-hybridized carbons (Fsp3) is 0.467. The summed E-state index contributed by atoms with van der Waals surface area (Å²) in [4.78, 5) is 27.7. The average molecular weight is 343 g/mol. The van der Waals surface area contributed by atoms with E-state index in [4.69, 9.17) is 11.6 Å². The third kappa shape index (κ3) is 5.19. The van der Waals surface area contributed by atoms with E-state index >= 15 is 0 Å². The molecular weight excluding hydrogens is 322 g/mol. The largest absolute Gasteiger partial charge is 0.354 e. The van der Waals surface area contributed by atoms with Crippen molar-refractivity contribution >= 4 is 35.2 Å². The lowest BCUT2D eigenvalue weighted by Gasteiger charge is -2.31. The monoisotopic (exact) mass is 342 g/mol. The summed E-state index contributed by atoms with van der Waals surface area (Å²) in [6.07, 6.45) is 0. The van der Waals surface area contributed by atoms with Crippen molar-refractivity contribution in [3.63, 3.8) is 0 Å². The second-order valence-corrected chi connectivity index (χ2v) is 6.71. The lowest BCUT2D eigenvalue weighted by atomic mass is 10.3. The Morgan fingerprint density at radius 3 is 2.50 bits per heavy atom. The average Bonchev–Trinajstić information content (AvgIpc) is 2.54. The van der Waals surface area contributed by atoms with Gasteiger partial charge < -0.3 is 15.1 Å². The SMILES string of the molecule is CNC(=O)C[NH+]1CCN(C(=O)CSc2ccc(Cl)cc2)CC1. The molecule has 1 heterocycles. The number of carbonyl (C=O) groups excluding carboxylic acids is 2. The van der Waals surface area contributed by atoms with Gasteiger partial charge in [0.25, 0.3) is 5.91 Å². The zero-order valence-electron chi connectivity index (χ0n) is 12.6. The Hall–Kier alpha value is -1.24. The first kappa shape index (κ1) is 17.1. The van der Waals surface area contributed by atoms with Crippen molar-refractivity contribution in [2.45, 2.75) is 4.90 Å². The molecule has 0 spiro atoms. The maximum Gasteiger partial charge on any atom is 0.274 e. The molecule has 120 valence electrons. The van der Waals surface area contributed by atoms with Gasteiger partial charge in [0, 0.05) is 17.0 Å². The van der Waals surface area contributed by atoms with Crippen LogP contribution in [0.2, 0.25) is 5.02 Å². The lowest BCUT2D eigenvalue weighted by molar-refractivity contribution is -0.896. The molecule has 1 fully saturated rings. The number of benzene rings is 1. The molecule has 0 radical (unpaired) electrons. The summed E-state index contributed by atoms with van der Waals surface area (Å²) < 4.78 is 0. The Labute approximate surface area is 140 Å². The first-order valence-electron chi connectivity index (χ1n) is 7.29. The number of carbonyl (C=O) groups is 2. The molecule has 1 saturated heterocycles. The van der Waals surface area contributed by atoms with Gasteiger partial charge in [0.05, 0.1) is 31.9 Å². The Kier molecular flexibility index (Phi) is 6.54. The summed E-state index contributed by atoms with van der Waals surface area (Å²) in [6, 6.07) is 7.50. The second kappa shape index (κ2) is 8.41. The van der Waals surface area contributed by atoms with Crippen LogP contribution in [0.1, 0.15) is 0 Å². The molecule has 1 aromatic carbocycles. The van der Waals surface area contributed by atoms with Crippen LogP contribution in [-0.4, -0.2) is 62.2 Å². The Balaban J connectivity index is 1.73. The topological polar surface area (TPSA) is 53.9 Å². The van der Waals surface area contributed by atoms with Crippen molar-refractivity contribution in [3.05, 3.63) is 29.3 Å².